The Hall–Kier alpha value is -3.17. The minimum Gasteiger partial charge on any atom is -0.394 e. The van der Waals surface area contributed by atoms with Crippen molar-refractivity contribution in [1.82, 2.24) is 14.8 Å². The van der Waals surface area contributed by atoms with Gasteiger partial charge in [-0.1, -0.05) is 30.9 Å². The molecule has 2 aromatic rings. The number of aromatic nitrogens is 1. The molecule has 0 saturated carbocycles. The van der Waals surface area contributed by atoms with Gasteiger partial charge in [-0.15, -0.1) is 0 Å². The number of carbonyl (C=O) groups is 2. The van der Waals surface area contributed by atoms with Crippen molar-refractivity contribution in [3.8, 4) is 11.8 Å². The van der Waals surface area contributed by atoms with Crippen LogP contribution < -0.4 is 0 Å². The summed E-state index contributed by atoms with van der Waals surface area (Å²) in [5.74, 6) is 6.00. The second kappa shape index (κ2) is 8.68. The highest BCUT2D eigenvalue weighted by molar-refractivity contribution is 5.97. The molecule has 2 fully saturated rings. The molecule has 6 heteroatoms. The van der Waals surface area contributed by atoms with Crippen molar-refractivity contribution >= 4 is 11.8 Å². The van der Waals surface area contributed by atoms with Gasteiger partial charge in [0.2, 0.25) is 5.91 Å². The zero-order valence-electron chi connectivity index (χ0n) is 17.0. The molecule has 4 rings (SSSR count). The van der Waals surface area contributed by atoms with Gasteiger partial charge in [-0.3, -0.25) is 14.6 Å². The van der Waals surface area contributed by atoms with Gasteiger partial charge in [-0.25, -0.2) is 0 Å². The lowest BCUT2D eigenvalue weighted by Crippen LogP contribution is -2.73. The maximum atomic E-state index is 12.8. The minimum absolute atomic E-state index is 0.00959. The lowest BCUT2D eigenvalue weighted by molar-refractivity contribution is -0.159. The second-order valence-corrected chi connectivity index (χ2v) is 7.74. The van der Waals surface area contributed by atoms with Crippen molar-refractivity contribution in [2.24, 2.45) is 0 Å². The Bertz CT molecular complexity index is 978. The predicted molar refractivity (Wildman–Crippen MR) is 113 cm³/mol. The van der Waals surface area contributed by atoms with Crippen LogP contribution in [0.1, 0.15) is 47.2 Å². The van der Waals surface area contributed by atoms with Crippen LogP contribution in [-0.2, 0) is 4.79 Å². The molecule has 2 amide bonds. The van der Waals surface area contributed by atoms with Crippen molar-refractivity contribution in [3.05, 3.63) is 65.5 Å². The number of aliphatic hydroxyl groups is 1. The quantitative estimate of drug-likeness (QED) is 0.793. The number of hydrogen-bond donors (Lipinski definition) is 1. The molecule has 0 unspecified atom stereocenters. The molecule has 0 spiro atoms. The van der Waals surface area contributed by atoms with Crippen LogP contribution in [-0.4, -0.2) is 63.5 Å². The van der Waals surface area contributed by atoms with E-state index in [0.717, 1.165) is 24.0 Å². The van der Waals surface area contributed by atoms with E-state index < -0.39 is 0 Å². The predicted octanol–water partition coefficient (Wildman–Crippen LogP) is 2.04. The lowest BCUT2D eigenvalue weighted by atomic mass is 9.73. The van der Waals surface area contributed by atoms with Gasteiger partial charge in [-0.2, -0.15) is 0 Å². The summed E-state index contributed by atoms with van der Waals surface area (Å²) in [5, 5.41) is 9.92. The number of rotatable bonds is 4. The number of fused-ring (bicyclic) bond motifs is 1. The number of piperazine rings is 1. The monoisotopic (exact) mass is 403 g/mol. The third kappa shape index (κ3) is 3.69. The molecule has 0 aliphatic carbocycles. The average Bonchev–Trinajstić information content (AvgIpc) is 2.76. The van der Waals surface area contributed by atoms with E-state index in [-0.39, 0.29) is 43.0 Å². The SMILES string of the molecule is CCCC#Cc1ccc([C@H]2[C@H](CO)N3C(=O)CN(C(=O)c4ccncc4)C[C@@H]23)cc1. The van der Waals surface area contributed by atoms with E-state index >= 15 is 0 Å². The summed E-state index contributed by atoms with van der Waals surface area (Å²) in [6.45, 7) is 2.49. The third-order valence-electron chi connectivity index (χ3n) is 5.87. The zero-order chi connectivity index (χ0) is 21.1. The number of unbranched alkanes of at least 4 members (excludes halogenated alkanes) is 1. The Labute approximate surface area is 176 Å². The number of aliphatic hydroxyl groups excluding tert-OH is 1. The van der Waals surface area contributed by atoms with Crippen molar-refractivity contribution in [2.75, 3.05) is 19.7 Å². The molecule has 154 valence electrons. The molecule has 2 saturated heterocycles. The summed E-state index contributed by atoms with van der Waals surface area (Å²) in [4.78, 5) is 32.9. The smallest absolute Gasteiger partial charge is 0.254 e. The normalized spacial score (nSPS) is 22.6. The fraction of sp³-hybridized carbons (Fsp3) is 0.375. The molecule has 0 radical (unpaired) electrons. The summed E-state index contributed by atoms with van der Waals surface area (Å²) in [6, 6.07) is 10.9. The van der Waals surface area contributed by atoms with Crippen LogP contribution in [0.5, 0.6) is 0 Å². The minimum atomic E-state index is -0.252. The van der Waals surface area contributed by atoms with Gasteiger partial charge in [0.15, 0.2) is 0 Å². The van der Waals surface area contributed by atoms with E-state index in [1.807, 2.05) is 24.3 Å². The molecule has 1 aromatic carbocycles. The fourth-order valence-corrected chi connectivity index (χ4v) is 4.41. The summed E-state index contributed by atoms with van der Waals surface area (Å²) in [7, 11) is 0. The van der Waals surface area contributed by atoms with Crippen molar-refractivity contribution < 1.29 is 14.7 Å². The number of carbonyl (C=O) groups excluding carboxylic acids is 2. The molecule has 0 bridgehead atoms. The first kappa shape index (κ1) is 20.1. The number of hydrogen-bond acceptors (Lipinski definition) is 4. The largest absolute Gasteiger partial charge is 0.394 e. The fourth-order valence-electron chi connectivity index (χ4n) is 4.41. The van der Waals surface area contributed by atoms with Crippen LogP contribution in [0, 0.1) is 11.8 Å². The third-order valence-corrected chi connectivity index (χ3v) is 5.87. The Kier molecular flexibility index (Phi) is 5.82. The molecule has 1 aromatic heterocycles. The number of benzene rings is 1. The standard InChI is InChI=1S/C24H25N3O3/c1-2-3-4-5-17-6-8-18(9-7-17)23-20-14-26(15-22(29)27(20)21(23)16-28)24(30)19-10-12-25-13-11-19/h6-13,20-21,23,28H,2-3,14-16H2,1H3/t20-,21-,23+/m0/s1. The molecule has 2 aliphatic heterocycles. The van der Waals surface area contributed by atoms with Crippen LogP contribution in [0.25, 0.3) is 0 Å². The number of amides is 2. The summed E-state index contributed by atoms with van der Waals surface area (Å²) in [6.07, 6.45) is 5.05. The van der Waals surface area contributed by atoms with Crippen LogP contribution in [0.2, 0.25) is 0 Å². The van der Waals surface area contributed by atoms with Crippen LogP contribution >= 0.6 is 0 Å². The first-order valence-electron chi connectivity index (χ1n) is 10.3. The first-order chi connectivity index (χ1) is 14.6. The Balaban J connectivity index is 1.54. The zero-order valence-corrected chi connectivity index (χ0v) is 17.0. The maximum Gasteiger partial charge on any atom is 0.254 e. The van der Waals surface area contributed by atoms with E-state index in [1.54, 1.807) is 34.3 Å². The molecular formula is C24H25N3O3. The summed E-state index contributed by atoms with van der Waals surface area (Å²) < 4.78 is 0. The van der Waals surface area contributed by atoms with Gasteiger partial charge < -0.3 is 14.9 Å². The highest BCUT2D eigenvalue weighted by Gasteiger charge is 2.54. The van der Waals surface area contributed by atoms with Gasteiger partial charge in [-0.05, 0) is 36.2 Å². The topological polar surface area (TPSA) is 73.7 Å². The van der Waals surface area contributed by atoms with E-state index in [4.69, 9.17) is 0 Å². The molecule has 6 nitrogen and oxygen atoms in total. The first-order valence-corrected chi connectivity index (χ1v) is 10.3. The van der Waals surface area contributed by atoms with Crippen molar-refractivity contribution in [3.63, 3.8) is 0 Å². The Morgan fingerprint density at radius 3 is 2.60 bits per heavy atom. The summed E-state index contributed by atoms with van der Waals surface area (Å²) in [5.41, 5.74) is 2.54. The average molecular weight is 403 g/mol. The Morgan fingerprint density at radius 2 is 1.93 bits per heavy atom. The van der Waals surface area contributed by atoms with Gasteiger partial charge in [0.1, 0.15) is 6.54 Å². The van der Waals surface area contributed by atoms with Crippen molar-refractivity contribution in [2.45, 2.75) is 37.8 Å². The van der Waals surface area contributed by atoms with Crippen LogP contribution in [0.3, 0.4) is 0 Å². The van der Waals surface area contributed by atoms with Crippen LogP contribution in [0.4, 0.5) is 0 Å². The van der Waals surface area contributed by atoms with Crippen molar-refractivity contribution in [1.29, 1.82) is 0 Å². The van der Waals surface area contributed by atoms with Gasteiger partial charge in [0.05, 0.1) is 18.7 Å². The highest BCUT2D eigenvalue weighted by Crippen LogP contribution is 2.43. The number of pyridine rings is 1. The van der Waals surface area contributed by atoms with E-state index in [2.05, 4.69) is 23.7 Å². The molecule has 30 heavy (non-hydrogen) atoms. The van der Waals surface area contributed by atoms with Gasteiger partial charge >= 0.3 is 0 Å². The van der Waals surface area contributed by atoms with E-state index in [1.165, 1.54) is 0 Å². The molecule has 3 heterocycles. The van der Waals surface area contributed by atoms with Gasteiger partial charge in [0.25, 0.3) is 5.91 Å². The lowest BCUT2D eigenvalue weighted by Gasteiger charge is -2.58. The highest BCUT2D eigenvalue weighted by atomic mass is 16.3. The van der Waals surface area contributed by atoms with Gasteiger partial charge in [0, 0.05) is 42.4 Å². The number of nitrogens with zero attached hydrogens (tertiary/aromatic N) is 3. The molecular weight excluding hydrogens is 378 g/mol. The Morgan fingerprint density at radius 1 is 1.20 bits per heavy atom. The summed E-state index contributed by atoms with van der Waals surface area (Å²) >= 11 is 0. The molecule has 1 N–H and O–H groups in total. The second-order valence-electron chi connectivity index (χ2n) is 7.74. The molecule has 3 atom stereocenters. The molecule has 2 aliphatic rings. The van der Waals surface area contributed by atoms with Crippen LogP contribution in [0.15, 0.2) is 48.8 Å². The van der Waals surface area contributed by atoms with E-state index in [9.17, 15) is 14.7 Å². The van der Waals surface area contributed by atoms with E-state index in [0.29, 0.717) is 12.1 Å². The maximum absolute atomic E-state index is 12.8.